The Hall–Kier alpha value is -3.98. The number of aliphatic hydroxyl groups excluding tert-OH is 2. The molecular formula is C28H36N10O7S2. The highest BCUT2D eigenvalue weighted by atomic mass is 32.2. The number of ether oxygens (including phenoxy) is 3. The van der Waals surface area contributed by atoms with Crippen LogP contribution in [-0.2, 0) is 23.8 Å². The zero-order chi connectivity index (χ0) is 33.4. The van der Waals surface area contributed by atoms with Crippen LogP contribution in [0.2, 0.25) is 0 Å². The summed E-state index contributed by atoms with van der Waals surface area (Å²) in [5, 5.41) is 50.5. The minimum absolute atomic E-state index is 0.111. The van der Waals surface area contributed by atoms with Crippen LogP contribution in [0.15, 0.2) is 58.8 Å². The lowest BCUT2D eigenvalue weighted by atomic mass is 10.3. The van der Waals surface area contributed by atoms with E-state index in [-0.39, 0.29) is 38.2 Å². The fraction of sp³-hybridized carbons (Fsp3) is 0.429. The monoisotopic (exact) mass is 688 g/mol. The van der Waals surface area contributed by atoms with E-state index in [2.05, 4.69) is 41.7 Å². The number of tetrazole rings is 2. The molecule has 0 saturated heterocycles. The maximum Gasteiger partial charge on any atom is 0.221 e. The van der Waals surface area contributed by atoms with Crippen molar-refractivity contribution in [1.29, 1.82) is 0 Å². The number of amides is 2. The average Bonchev–Trinajstić information content (AvgIpc) is 3.71. The minimum Gasteiger partial charge on any atom is -0.390 e. The first-order valence-corrected chi connectivity index (χ1v) is 16.4. The molecule has 0 saturated carbocycles. The summed E-state index contributed by atoms with van der Waals surface area (Å²) >= 11 is 2.55. The first-order valence-electron chi connectivity index (χ1n) is 14.5. The molecule has 252 valence electrons. The molecule has 2 heterocycles. The second-order valence-electron chi connectivity index (χ2n) is 9.90. The van der Waals surface area contributed by atoms with Gasteiger partial charge in [-0.25, -0.2) is 0 Å². The fourth-order valence-corrected chi connectivity index (χ4v) is 5.51. The van der Waals surface area contributed by atoms with Crippen LogP contribution in [0.1, 0.15) is 13.8 Å². The number of aliphatic hydroxyl groups is 2. The Morgan fingerprint density at radius 2 is 1.15 bits per heavy atom. The number of carbonyl (C=O) groups is 2. The van der Waals surface area contributed by atoms with Crippen LogP contribution in [0, 0.1) is 0 Å². The summed E-state index contributed by atoms with van der Waals surface area (Å²) in [4.78, 5) is 22.7. The predicted octanol–water partition coefficient (Wildman–Crippen LogP) is 1.21. The number of benzene rings is 2. The summed E-state index contributed by atoms with van der Waals surface area (Å²) < 4.78 is 19.6. The normalized spacial score (nSPS) is 12.5. The van der Waals surface area contributed by atoms with E-state index in [0.717, 1.165) is 0 Å². The number of rotatable bonds is 20. The molecule has 2 amide bonds. The van der Waals surface area contributed by atoms with Gasteiger partial charge in [0.25, 0.3) is 0 Å². The molecule has 0 aliphatic carbocycles. The zero-order valence-electron chi connectivity index (χ0n) is 25.8. The summed E-state index contributed by atoms with van der Waals surface area (Å²) in [5.74, 6) is 0.253. The molecule has 2 atom stereocenters. The van der Waals surface area contributed by atoms with Crippen LogP contribution in [0.5, 0.6) is 0 Å². The Balaban J connectivity index is 1.04. The summed E-state index contributed by atoms with van der Waals surface area (Å²) in [7, 11) is 0. The summed E-state index contributed by atoms with van der Waals surface area (Å²) in [6.07, 6.45) is -1.51. The molecule has 47 heavy (non-hydrogen) atoms. The molecule has 4 aromatic rings. The van der Waals surface area contributed by atoms with Crippen LogP contribution in [0.25, 0.3) is 11.4 Å². The van der Waals surface area contributed by atoms with Crippen molar-refractivity contribution in [3.05, 3.63) is 48.5 Å². The molecule has 2 unspecified atom stereocenters. The number of nitrogens with one attached hydrogen (secondary N) is 2. The molecule has 4 N–H and O–H groups in total. The van der Waals surface area contributed by atoms with E-state index in [1.54, 1.807) is 36.4 Å². The topological polar surface area (TPSA) is 214 Å². The number of aromatic nitrogens is 8. The zero-order valence-corrected chi connectivity index (χ0v) is 27.4. The molecule has 0 fully saturated rings. The standard InChI is InChI=1S/C28H36N10O7S2/c1-19(39)29-21-5-3-7-23(13-21)37-27(31-33-35-37)46-17-25(41)15-44-11-9-43-10-12-45-16-26(42)18-47-28-32-34-36-38(28)24-8-4-6-22(14-24)30-20(2)40/h3-8,13-14,25-26,41-42H,9-12,15-18H2,1-2H3,(H,29,39)(H,30,40). The molecule has 17 nitrogen and oxygen atoms in total. The molecule has 0 bridgehead atoms. The van der Waals surface area contributed by atoms with Crippen LogP contribution in [0.3, 0.4) is 0 Å². The first-order chi connectivity index (χ1) is 22.8. The Kier molecular flexibility index (Phi) is 14.5. The lowest BCUT2D eigenvalue weighted by molar-refractivity contribution is -0.115. The van der Waals surface area contributed by atoms with Gasteiger partial charge in [0.2, 0.25) is 22.1 Å². The number of hydrogen-bond donors (Lipinski definition) is 4. The Bertz CT molecular complexity index is 1460. The van der Waals surface area contributed by atoms with E-state index in [4.69, 9.17) is 14.2 Å². The highest BCUT2D eigenvalue weighted by molar-refractivity contribution is 7.99. The van der Waals surface area contributed by atoms with E-state index in [1.807, 2.05) is 12.1 Å². The lowest BCUT2D eigenvalue weighted by Crippen LogP contribution is -2.21. The molecule has 0 aliphatic heterocycles. The van der Waals surface area contributed by atoms with Crippen LogP contribution in [0.4, 0.5) is 11.4 Å². The highest BCUT2D eigenvalue weighted by Crippen LogP contribution is 2.22. The van der Waals surface area contributed by atoms with Crippen LogP contribution < -0.4 is 10.6 Å². The van der Waals surface area contributed by atoms with Gasteiger partial charge in [-0.05, 0) is 57.3 Å². The van der Waals surface area contributed by atoms with Gasteiger partial charge >= 0.3 is 0 Å². The van der Waals surface area contributed by atoms with Gasteiger partial charge in [0.15, 0.2) is 0 Å². The Labute approximate surface area is 278 Å². The van der Waals surface area contributed by atoms with Crippen molar-refractivity contribution in [2.45, 2.75) is 36.4 Å². The number of carbonyl (C=O) groups excluding carboxylic acids is 2. The summed E-state index contributed by atoms with van der Waals surface area (Å²) in [6.45, 7) is 4.30. The van der Waals surface area contributed by atoms with Crippen molar-refractivity contribution >= 4 is 46.7 Å². The third-order valence-electron chi connectivity index (χ3n) is 5.88. The first kappa shape index (κ1) is 35.9. The summed E-state index contributed by atoms with van der Waals surface area (Å²) in [6, 6.07) is 14.2. The van der Waals surface area contributed by atoms with Gasteiger partial charge < -0.3 is 35.1 Å². The minimum atomic E-state index is -0.753. The summed E-state index contributed by atoms with van der Waals surface area (Å²) in [5.41, 5.74) is 2.59. The fourth-order valence-electron chi connectivity index (χ4n) is 3.91. The van der Waals surface area contributed by atoms with E-state index in [9.17, 15) is 19.8 Å². The third-order valence-corrected chi connectivity index (χ3v) is 8.01. The molecule has 19 heteroatoms. The molecule has 0 aliphatic rings. The SMILES string of the molecule is CC(=O)Nc1cccc(-n2nnnc2SCC(O)COCCOCCOCC(O)CSc2nnnn2-c2cccc(NC(C)=O)c2)c1. The maximum atomic E-state index is 11.3. The smallest absolute Gasteiger partial charge is 0.221 e. The predicted molar refractivity (Wildman–Crippen MR) is 173 cm³/mol. The van der Waals surface area contributed by atoms with Crippen molar-refractivity contribution in [1.82, 2.24) is 40.4 Å². The van der Waals surface area contributed by atoms with Gasteiger partial charge in [-0.3, -0.25) is 9.59 Å². The second kappa shape index (κ2) is 19.0. The quantitative estimate of drug-likeness (QED) is 0.0759. The van der Waals surface area contributed by atoms with Gasteiger partial charge in [0.1, 0.15) is 0 Å². The number of anilines is 2. The van der Waals surface area contributed by atoms with Crippen molar-refractivity contribution in [3.63, 3.8) is 0 Å². The van der Waals surface area contributed by atoms with Crippen molar-refractivity contribution in [2.24, 2.45) is 0 Å². The number of hydrogen-bond acceptors (Lipinski definition) is 15. The Morgan fingerprint density at radius 3 is 1.57 bits per heavy atom. The van der Waals surface area contributed by atoms with Crippen molar-refractivity contribution in [3.8, 4) is 11.4 Å². The van der Waals surface area contributed by atoms with Crippen LogP contribution >= 0.6 is 23.5 Å². The molecular weight excluding hydrogens is 653 g/mol. The second-order valence-corrected chi connectivity index (χ2v) is 11.9. The molecule has 0 radical (unpaired) electrons. The van der Waals surface area contributed by atoms with E-state index >= 15 is 0 Å². The van der Waals surface area contributed by atoms with E-state index < -0.39 is 12.2 Å². The van der Waals surface area contributed by atoms with Gasteiger partial charge in [-0.15, -0.1) is 10.2 Å². The van der Waals surface area contributed by atoms with Gasteiger partial charge in [0.05, 0.1) is 63.2 Å². The van der Waals surface area contributed by atoms with Crippen molar-refractivity contribution in [2.75, 3.05) is 61.8 Å². The van der Waals surface area contributed by atoms with Crippen LogP contribution in [-0.4, -0.2) is 126 Å². The maximum absolute atomic E-state index is 11.3. The molecule has 2 aromatic carbocycles. The highest BCUT2D eigenvalue weighted by Gasteiger charge is 2.15. The molecule has 0 spiro atoms. The number of thioether (sulfide) groups is 2. The third kappa shape index (κ3) is 12.3. The van der Waals surface area contributed by atoms with Crippen molar-refractivity contribution < 1.29 is 34.0 Å². The van der Waals surface area contributed by atoms with E-state index in [0.29, 0.717) is 57.8 Å². The van der Waals surface area contributed by atoms with Gasteiger partial charge in [0, 0.05) is 36.7 Å². The van der Waals surface area contributed by atoms with Gasteiger partial charge in [-0.2, -0.15) is 9.36 Å². The van der Waals surface area contributed by atoms with Gasteiger partial charge in [-0.1, -0.05) is 35.7 Å². The Morgan fingerprint density at radius 1 is 0.723 bits per heavy atom. The molecule has 2 aromatic heterocycles. The van der Waals surface area contributed by atoms with E-state index in [1.165, 1.54) is 46.7 Å². The number of nitrogens with zero attached hydrogens (tertiary/aromatic N) is 8. The lowest BCUT2D eigenvalue weighted by Gasteiger charge is -2.12. The average molecular weight is 689 g/mol. The molecule has 4 rings (SSSR count). The largest absolute Gasteiger partial charge is 0.390 e.